The Bertz CT molecular complexity index is 674. The minimum absolute atomic E-state index is 0.0429. The molecular formula is C19H24N4O. The third kappa shape index (κ3) is 4.40. The van der Waals surface area contributed by atoms with E-state index in [-0.39, 0.29) is 11.9 Å². The van der Waals surface area contributed by atoms with Crippen molar-refractivity contribution >= 4 is 5.91 Å². The Kier molecular flexibility index (Phi) is 5.56. The molecular weight excluding hydrogens is 300 g/mol. The standard InChI is InChI=1S/C19H24N4O/c20-12-18-11-16(8-9-21-18)19(24)22-17-7-4-10-23(14-17)13-15-5-2-1-3-6-15/h1-3,5-6,8-9,11,17H,4,7,10,12-14,20H2,(H,22,24). The molecule has 126 valence electrons. The number of pyridine rings is 1. The summed E-state index contributed by atoms with van der Waals surface area (Å²) in [6.07, 6.45) is 3.76. The highest BCUT2D eigenvalue weighted by Crippen LogP contribution is 2.14. The van der Waals surface area contributed by atoms with Crippen molar-refractivity contribution in [2.24, 2.45) is 5.73 Å². The van der Waals surface area contributed by atoms with Gasteiger partial charge in [-0.3, -0.25) is 14.7 Å². The maximum absolute atomic E-state index is 12.4. The van der Waals surface area contributed by atoms with Crippen molar-refractivity contribution in [3.63, 3.8) is 0 Å². The normalized spacial score (nSPS) is 18.3. The number of hydrogen-bond acceptors (Lipinski definition) is 4. The highest BCUT2D eigenvalue weighted by molar-refractivity contribution is 5.94. The van der Waals surface area contributed by atoms with Gasteiger partial charge in [0, 0.05) is 37.4 Å². The van der Waals surface area contributed by atoms with Crippen LogP contribution in [0.1, 0.15) is 34.5 Å². The SMILES string of the molecule is NCc1cc(C(=O)NC2CCCN(Cc3ccccc3)C2)ccn1. The number of aromatic nitrogens is 1. The number of nitrogens with two attached hydrogens (primary N) is 1. The summed E-state index contributed by atoms with van der Waals surface area (Å²) < 4.78 is 0. The molecule has 0 radical (unpaired) electrons. The zero-order chi connectivity index (χ0) is 16.8. The molecule has 0 aliphatic carbocycles. The van der Waals surface area contributed by atoms with Gasteiger partial charge in [0.15, 0.2) is 0 Å². The molecule has 1 aromatic heterocycles. The minimum Gasteiger partial charge on any atom is -0.348 e. The zero-order valence-electron chi connectivity index (χ0n) is 13.8. The first-order valence-electron chi connectivity index (χ1n) is 8.47. The van der Waals surface area contributed by atoms with E-state index in [2.05, 4.69) is 39.5 Å². The van der Waals surface area contributed by atoms with Gasteiger partial charge in [-0.05, 0) is 37.1 Å². The maximum atomic E-state index is 12.4. The van der Waals surface area contributed by atoms with Crippen molar-refractivity contribution in [2.75, 3.05) is 13.1 Å². The topological polar surface area (TPSA) is 71.2 Å². The summed E-state index contributed by atoms with van der Waals surface area (Å²) in [5.74, 6) is -0.0429. The number of nitrogens with zero attached hydrogens (tertiary/aromatic N) is 2. The van der Waals surface area contributed by atoms with Crippen LogP contribution in [0.5, 0.6) is 0 Å². The number of nitrogens with one attached hydrogen (secondary N) is 1. The lowest BCUT2D eigenvalue weighted by Gasteiger charge is -2.33. The van der Waals surface area contributed by atoms with Gasteiger partial charge in [-0.25, -0.2) is 0 Å². The van der Waals surface area contributed by atoms with Crippen LogP contribution in [0.3, 0.4) is 0 Å². The molecule has 1 fully saturated rings. The number of rotatable bonds is 5. The molecule has 1 aromatic carbocycles. The largest absolute Gasteiger partial charge is 0.348 e. The Morgan fingerprint density at radius 3 is 2.92 bits per heavy atom. The monoisotopic (exact) mass is 324 g/mol. The molecule has 24 heavy (non-hydrogen) atoms. The van der Waals surface area contributed by atoms with Gasteiger partial charge in [0.1, 0.15) is 0 Å². The van der Waals surface area contributed by atoms with Crippen LogP contribution in [0.2, 0.25) is 0 Å². The fourth-order valence-electron chi connectivity index (χ4n) is 3.16. The van der Waals surface area contributed by atoms with E-state index in [4.69, 9.17) is 5.73 Å². The number of amides is 1. The van der Waals surface area contributed by atoms with Crippen LogP contribution in [-0.4, -0.2) is 34.9 Å². The molecule has 5 nitrogen and oxygen atoms in total. The van der Waals surface area contributed by atoms with Crippen LogP contribution < -0.4 is 11.1 Å². The molecule has 2 heterocycles. The summed E-state index contributed by atoms with van der Waals surface area (Å²) in [5.41, 5.74) is 8.27. The Balaban J connectivity index is 1.57. The predicted octanol–water partition coefficient (Wildman–Crippen LogP) is 1.93. The lowest BCUT2D eigenvalue weighted by molar-refractivity contribution is 0.0900. The second kappa shape index (κ2) is 8.04. The van der Waals surface area contributed by atoms with E-state index in [0.717, 1.165) is 38.2 Å². The molecule has 1 aliphatic rings. The molecule has 1 aliphatic heterocycles. The third-order valence-electron chi connectivity index (χ3n) is 4.38. The fourth-order valence-corrected chi connectivity index (χ4v) is 3.16. The van der Waals surface area contributed by atoms with Crippen molar-refractivity contribution in [2.45, 2.75) is 32.0 Å². The Labute approximate surface area is 142 Å². The van der Waals surface area contributed by atoms with Crippen LogP contribution in [0, 0.1) is 0 Å². The zero-order valence-corrected chi connectivity index (χ0v) is 13.8. The van der Waals surface area contributed by atoms with E-state index in [0.29, 0.717) is 12.1 Å². The average Bonchev–Trinajstić information content (AvgIpc) is 2.63. The smallest absolute Gasteiger partial charge is 0.251 e. The lowest BCUT2D eigenvalue weighted by atomic mass is 10.0. The Hall–Kier alpha value is -2.24. The van der Waals surface area contributed by atoms with E-state index < -0.39 is 0 Å². The first-order valence-corrected chi connectivity index (χ1v) is 8.47. The Morgan fingerprint density at radius 2 is 2.12 bits per heavy atom. The van der Waals surface area contributed by atoms with Crippen molar-refractivity contribution in [3.05, 3.63) is 65.5 Å². The first kappa shape index (κ1) is 16.6. The van der Waals surface area contributed by atoms with E-state index in [1.807, 2.05) is 6.07 Å². The molecule has 0 bridgehead atoms. The predicted molar refractivity (Wildman–Crippen MR) is 94.3 cm³/mol. The van der Waals surface area contributed by atoms with E-state index in [1.54, 1.807) is 18.3 Å². The minimum atomic E-state index is -0.0429. The van der Waals surface area contributed by atoms with Crippen molar-refractivity contribution in [1.29, 1.82) is 0 Å². The molecule has 1 unspecified atom stereocenters. The van der Waals surface area contributed by atoms with Crippen LogP contribution in [0.25, 0.3) is 0 Å². The summed E-state index contributed by atoms with van der Waals surface area (Å²) in [4.78, 5) is 19.0. The highest BCUT2D eigenvalue weighted by Gasteiger charge is 2.22. The number of likely N-dealkylation sites (tertiary alicyclic amines) is 1. The number of carbonyl (C=O) groups excluding carboxylic acids is 1. The summed E-state index contributed by atoms with van der Waals surface area (Å²) in [5, 5.41) is 3.15. The molecule has 0 spiro atoms. The van der Waals surface area contributed by atoms with Gasteiger partial charge >= 0.3 is 0 Å². The fraction of sp³-hybridized carbons (Fsp3) is 0.368. The van der Waals surface area contributed by atoms with Crippen LogP contribution in [0.15, 0.2) is 48.7 Å². The molecule has 0 saturated carbocycles. The van der Waals surface area contributed by atoms with Gasteiger partial charge in [-0.1, -0.05) is 30.3 Å². The second-order valence-corrected chi connectivity index (χ2v) is 6.27. The van der Waals surface area contributed by atoms with Gasteiger partial charge in [0.2, 0.25) is 0 Å². The van der Waals surface area contributed by atoms with Gasteiger partial charge < -0.3 is 11.1 Å². The number of carbonyl (C=O) groups is 1. The summed E-state index contributed by atoms with van der Waals surface area (Å²) in [6, 6.07) is 14.1. The van der Waals surface area contributed by atoms with Gasteiger partial charge in [-0.2, -0.15) is 0 Å². The first-order chi connectivity index (χ1) is 11.7. The number of benzene rings is 1. The molecule has 5 heteroatoms. The maximum Gasteiger partial charge on any atom is 0.251 e. The molecule has 1 atom stereocenters. The van der Waals surface area contributed by atoms with Gasteiger partial charge in [0.05, 0.1) is 5.69 Å². The van der Waals surface area contributed by atoms with Gasteiger partial charge in [0.25, 0.3) is 5.91 Å². The van der Waals surface area contributed by atoms with Crippen LogP contribution in [-0.2, 0) is 13.1 Å². The van der Waals surface area contributed by atoms with Crippen molar-refractivity contribution in [3.8, 4) is 0 Å². The van der Waals surface area contributed by atoms with Crippen molar-refractivity contribution in [1.82, 2.24) is 15.2 Å². The van der Waals surface area contributed by atoms with Crippen LogP contribution >= 0.6 is 0 Å². The molecule has 3 rings (SSSR count). The quantitative estimate of drug-likeness (QED) is 0.882. The summed E-state index contributed by atoms with van der Waals surface area (Å²) in [6.45, 7) is 3.23. The highest BCUT2D eigenvalue weighted by atomic mass is 16.1. The van der Waals surface area contributed by atoms with Gasteiger partial charge in [-0.15, -0.1) is 0 Å². The molecule has 2 aromatic rings. The average molecular weight is 324 g/mol. The Morgan fingerprint density at radius 1 is 1.29 bits per heavy atom. The van der Waals surface area contributed by atoms with E-state index in [9.17, 15) is 4.79 Å². The second-order valence-electron chi connectivity index (χ2n) is 6.27. The van der Waals surface area contributed by atoms with E-state index >= 15 is 0 Å². The van der Waals surface area contributed by atoms with Crippen molar-refractivity contribution < 1.29 is 4.79 Å². The molecule has 3 N–H and O–H groups in total. The summed E-state index contributed by atoms with van der Waals surface area (Å²) in [7, 11) is 0. The number of piperidine rings is 1. The van der Waals surface area contributed by atoms with Crippen LogP contribution in [0.4, 0.5) is 0 Å². The number of hydrogen-bond donors (Lipinski definition) is 2. The lowest BCUT2D eigenvalue weighted by Crippen LogP contribution is -2.47. The third-order valence-corrected chi connectivity index (χ3v) is 4.38. The van der Waals surface area contributed by atoms with E-state index in [1.165, 1.54) is 5.56 Å². The molecule has 1 amide bonds. The summed E-state index contributed by atoms with van der Waals surface area (Å²) >= 11 is 0. The molecule has 1 saturated heterocycles.